The molecule has 0 saturated heterocycles. The zero-order valence-corrected chi connectivity index (χ0v) is 15.6. The van der Waals surface area contributed by atoms with Crippen molar-refractivity contribution in [3.63, 3.8) is 0 Å². The van der Waals surface area contributed by atoms with E-state index >= 15 is 0 Å². The first-order valence-corrected chi connectivity index (χ1v) is 9.15. The highest BCUT2D eigenvalue weighted by Gasteiger charge is 2.17. The average molecular weight is 373 g/mol. The Morgan fingerprint density at radius 3 is 2.59 bits per heavy atom. The van der Waals surface area contributed by atoms with Crippen molar-refractivity contribution in [1.29, 1.82) is 5.26 Å². The molecule has 0 atom stereocenters. The number of nitriles is 1. The number of nitrogens with zero attached hydrogens (tertiary/aromatic N) is 3. The lowest BCUT2D eigenvalue weighted by atomic mass is 10.1. The van der Waals surface area contributed by atoms with E-state index in [1.54, 1.807) is 36.6 Å². The van der Waals surface area contributed by atoms with E-state index in [0.717, 1.165) is 21.3 Å². The molecule has 0 fully saturated rings. The van der Waals surface area contributed by atoms with Gasteiger partial charge in [0.2, 0.25) is 5.88 Å². The minimum absolute atomic E-state index is 0.473. The third-order valence-electron chi connectivity index (χ3n) is 4.10. The molecule has 5 nitrogen and oxygen atoms in total. The second-order valence-electron chi connectivity index (χ2n) is 5.85. The van der Waals surface area contributed by atoms with Crippen LogP contribution in [0, 0.1) is 18.3 Å². The lowest BCUT2D eigenvalue weighted by Crippen LogP contribution is -1.96. The highest BCUT2D eigenvalue weighted by molar-refractivity contribution is 7.17. The van der Waals surface area contributed by atoms with Crippen LogP contribution in [0.5, 0.6) is 17.4 Å². The van der Waals surface area contributed by atoms with Gasteiger partial charge in [-0.25, -0.2) is 4.98 Å². The third-order valence-corrected chi connectivity index (χ3v) is 4.97. The van der Waals surface area contributed by atoms with Gasteiger partial charge in [-0.2, -0.15) is 10.2 Å². The van der Waals surface area contributed by atoms with Crippen LogP contribution in [0.3, 0.4) is 0 Å². The van der Waals surface area contributed by atoms with Crippen molar-refractivity contribution in [2.24, 2.45) is 0 Å². The summed E-state index contributed by atoms with van der Waals surface area (Å²) in [4.78, 5) is 9.94. The number of ether oxygens (including phenoxy) is 2. The molecule has 132 valence electrons. The van der Waals surface area contributed by atoms with Crippen LogP contribution >= 0.6 is 11.3 Å². The summed E-state index contributed by atoms with van der Waals surface area (Å²) in [5.41, 5.74) is 2.61. The first-order valence-electron chi connectivity index (χ1n) is 8.27. The van der Waals surface area contributed by atoms with E-state index in [9.17, 15) is 0 Å². The predicted octanol–water partition coefficient (Wildman–Crippen LogP) is 5.34. The molecule has 0 amide bonds. The molecule has 0 unspecified atom stereocenters. The molecule has 2 heterocycles. The molecule has 0 saturated carbocycles. The summed E-state index contributed by atoms with van der Waals surface area (Å²) in [5, 5.41) is 12.0. The molecular weight excluding hydrogens is 358 g/mol. The summed E-state index contributed by atoms with van der Waals surface area (Å²) in [6, 6.07) is 17.2. The van der Waals surface area contributed by atoms with E-state index in [-0.39, 0.29) is 0 Å². The zero-order chi connectivity index (χ0) is 18.8. The van der Waals surface area contributed by atoms with Crippen molar-refractivity contribution in [2.75, 3.05) is 7.11 Å². The molecule has 0 N–H and O–H groups in total. The summed E-state index contributed by atoms with van der Waals surface area (Å²) in [7, 11) is 1.55. The number of hydrogen-bond acceptors (Lipinski definition) is 6. The molecule has 0 aliphatic heterocycles. The van der Waals surface area contributed by atoms with Crippen LogP contribution in [0.15, 0.2) is 53.9 Å². The Morgan fingerprint density at radius 2 is 1.85 bits per heavy atom. The van der Waals surface area contributed by atoms with Gasteiger partial charge in [-0.05, 0) is 24.6 Å². The van der Waals surface area contributed by atoms with Crippen LogP contribution < -0.4 is 9.47 Å². The maximum Gasteiger partial charge on any atom is 0.232 e. The summed E-state index contributed by atoms with van der Waals surface area (Å²) >= 11 is 1.56. The van der Waals surface area contributed by atoms with Gasteiger partial charge in [0, 0.05) is 17.0 Å². The highest BCUT2D eigenvalue weighted by Crippen LogP contribution is 2.41. The number of aryl methyl sites for hydroxylation is 1. The summed E-state index contributed by atoms with van der Waals surface area (Å²) in [5.74, 6) is 2.09. The van der Waals surface area contributed by atoms with Crippen LogP contribution in [0.1, 0.15) is 11.4 Å². The molecule has 0 spiro atoms. The van der Waals surface area contributed by atoms with Gasteiger partial charge in [0.05, 0.1) is 24.1 Å². The quantitative estimate of drug-likeness (QED) is 0.483. The van der Waals surface area contributed by atoms with E-state index in [0.29, 0.717) is 28.8 Å². The topological polar surface area (TPSA) is 68.0 Å². The second-order valence-corrected chi connectivity index (χ2v) is 6.71. The van der Waals surface area contributed by atoms with Crippen molar-refractivity contribution in [1.82, 2.24) is 9.97 Å². The first kappa shape index (κ1) is 17.0. The Bertz CT molecular complexity index is 1160. The summed E-state index contributed by atoms with van der Waals surface area (Å²) in [6.07, 6.45) is 0. The van der Waals surface area contributed by atoms with E-state index in [2.05, 4.69) is 21.4 Å². The van der Waals surface area contributed by atoms with E-state index < -0.39 is 0 Å². The van der Waals surface area contributed by atoms with Crippen molar-refractivity contribution in [3.05, 3.63) is 65.3 Å². The maximum absolute atomic E-state index is 9.08. The first-order chi connectivity index (χ1) is 13.2. The molecule has 2 aromatic carbocycles. The number of rotatable bonds is 4. The Morgan fingerprint density at radius 1 is 1.04 bits per heavy atom. The van der Waals surface area contributed by atoms with Gasteiger partial charge in [0.15, 0.2) is 11.5 Å². The predicted molar refractivity (Wildman–Crippen MR) is 105 cm³/mol. The van der Waals surface area contributed by atoms with Gasteiger partial charge >= 0.3 is 0 Å². The average Bonchev–Trinajstić information content (AvgIpc) is 3.13. The minimum atomic E-state index is 0.473. The number of aromatic nitrogens is 2. The normalized spacial score (nSPS) is 10.6. The fraction of sp³-hybridized carbons (Fsp3) is 0.0952. The standard InChI is InChI=1S/C21H15N3O2S/c1-13-23-20(26-17-9-8-14(11-22)10-18(17)25-2)19-16(12-27-21(19)24-13)15-6-4-3-5-7-15/h3-10,12H,1-2H3. The van der Waals surface area contributed by atoms with Gasteiger partial charge in [-0.3, -0.25) is 0 Å². The van der Waals surface area contributed by atoms with Crippen molar-refractivity contribution in [2.45, 2.75) is 6.92 Å². The van der Waals surface area contributed by atoms with E-state index in [1.807, 2.05) is 37.3 Å². The van der Waals surface area contributed by atoms with Gasteiger partial charge in [-0.1, -0.05) is 30.3 Å². The van der Waals surface area contributed by atoms with Crippen molar-refractivity contribution >= 4 is 21.6 Å². The maximum atomic E-state index is 9.08. The fourth-order valence-electron chi connectivity index (χ4n) is 2.84. The van der Waals surface area contributed by atoms with Gasteiger partial charge in [0.25, 0.3) is 0 Å². The molecule has 0 aliphatic carbocycles. The van der Waals surface area contributed by atoms with Gasteiger partial charge < -0.3 is 9.47 Å². The Balaban J connectivity index is 1.87. The smallest absolute Gasteiger partial charge is 0.232 e. The van der Waals surface area contributed by atoms with E-state index in [1.165, 1.54) is 0 Å². The third kappa shape index (κ3) is 3.21. The van der Waals surface area contributed by atoms with Crippen molar-refractivity contribution in [3.8, 4) is 34.6 Å². The minimum Gasteiger partial charge on any atom is -0.493 e. The SMILES string of the molecule is COc1cc(C#N)ccc1Oc1nc(C)nc2scc(-c3ccccc3)c12. The molecule has 0 radical (unpaired) electrons. The van der Waals surface area contributed by atoms with E-state index in [4.69, 9.17) is 14.7 Å². The molecule has 2 aromatic heterocycles. The summed E-state index contributed by atoms with van der Waals surface area (Å²) in [6.45, 7) is 1.84. The number of fused-ring (bicyclic) bond motifs is 1. The highest BCUT2D eigenvalue weighted by atomic mass is 32.1. The summed E-state index contributed by atoms with van der Waals surface area (Å²) < 4.78 is 11.5. The van der Waals surface area contributed by atoms with Crippen LogP contribution in [-0.4, -0.2) is 17.1 Å². The number of hydrogen-bond donors (Lipinski definition) is 0. The number of methoxy groups -OCH3 is 1. The fourth-order valence-corrected chi connectivity index (χ4v) is 3.82. The molecule has 0 bridgehead atoms. The number of benzene rings is 2. The molecule has 4 aromatic rings. The second kappa shape index (κ2) is 7.06. The molecular formula is C21H15N3O2S. The number of thiophene rings is 1. The van der Waals surface area contributed by atoms with Crippen molar-refractivity contribution < 1.29 is 9.47 Å². The Hall–Kier alpha value is -3.43. The van der Waals surface area contributed by atoms with Gasteiger partial charge in [0.1, 0.15) is 10.7 Å². The monoisotopic (exact) mass is 373 g/mol. The Labute approximate surface area is 160 Å². The lowest BCUT2D eigenvalue weighted by Gasteiger charge is -2.12. The van der Waals surface area contributed by atoms with Crippen LogP contribution in [0.4, 0.5) is 0 Å². The zero-order valence-electron chi connectivity index (χ0n) is 14.8. The Kier molecular flexibility index (Phi) is 4.45. The van der Waals surface area contributed by atoms with Gasteiger partial charge in [-0.15, -0.1) is 11.3 Å². The van der Waals surface area contributed by atoms with Crippen LogP contribution in [0.25, 0.3) is 21.3 Å². The lowest BCUT2D eigenvalue weighted by molar-refractivity contribution is 0.375. The molecule has 27 heavy (non-hydrogen) atoms. The molecule has 6 heteroatoms. The molecule has 0 aliphatic rings. The van der Waals surface area contributed by atoms with Crippen LogP contribution in [0.2, 0.25) is 0 Å². The van der Waals surface area contributed by atoms with Crippen LogP contribution in [-0.2, 0) is 0 Å². The molecule has 4 rings (SSSR count). The largest absolute Gasteiger partial charge is 0.493 e.